The van der Waals surface area contributed by atoms with Crippen LogP contribution in [0.25, 0.3) is 17.1 Å². The first-order valence-electron chi connectivity index (χ1n) is 7.72. The van der Waals surface area contributed by atoms with E-state index >= 15 is 0 Å². The van der Waals surface area contributed by atoms with Crippen molar-refractivity contribution in [3.63, 3.8) is 0 Å². The Labute approximate surface area is 160 Å². The number of esters is 1. The molecule has 138 valence electrons. The van der Waals surface area contributed by atoms with E-state index in [9.17, 15) is 18.8 Å². The van der Waals surface area contributed by atoms with Crippen LogP contribution in [0.3, 0.4) is 0 Å². The van der Waals surface area contributed by atoms with Gasteiger partial charge < -0.3 is 20.0 Å². The predicted octanol–water partition coefficient (Wildman–Crippen LogP) is 2.95. The summed E-state index contributed by atoms with van der Waals surface area (Å²) in [5.41, 5.74) is 1.43. The molecule has 0 atom stereocenters. The minimum absolute atomic E-state index is 0.208. The van der Waals surface area contributed by atoms with Gasteiger partial charge in [0, 0.05) is 21.8 Å². The molecule has 27 heavy (non-hydrogen) atoms. The molecule has 3 N–H and O–H groups in total. The van der Waals surface area contributed by atoms with Gasteiger partial charge in [0.25, 0.3) is 5.91 Å². The van der Waals surface area contributed by atoms with E-state index in [0.717, 1.165) is 6.08 Å². The summed E-state index contributed by atoms with van der Waals surface area (Å²) in [5, 5.41) is 2.55. The van der Waals surface area contributed by atoms with Crippen LogP contribution in [0.4, 0.5) is 10.1 Å². The summed E-state index contributed by atoms with van der Waals surface area (Å²) in [5.74, 6) is -1.82. The molecule has 0 bridgehead atoms. The van der Waals surface area contributed by atoms with Gasteiger partial charge in [-0.25, -0.2) is 14.0 Å². The number of carbonyl (C=O) groups is 2. The number of rotatable bonds is 5. The Kier molecular flexibility index (Phi) is 5.51. The van der Waals surface area contributed by atoms with Crippen molar-refractivity contribution in [3.05, 3.63) is 68.8 Å². The molecule has 7 nitrogen and oxygen atoms in total. The number of benzene rings is 2. The predicted molar refractivity (Wildman–Crippen MR) is 102 cm³/mol. The smallest absolute Gasteiger partial charge is 0.331 e. The number of anilines is 1. The lowest BCUT2D eigenvalue weighted by atomic mass is 10.2. The highest BCUT2D eigenvalue weighted by Crippen LogP contribution is 2.17. The minimum Gasteiger partial charge on any atom is -0.452 e. The fourth-order valence-corrected chi connectivity index (χ4v) is 2.67. The largest absolute Gasteiger partial charge is 0.452 e. The lowest BCUT2D eigenvalue weighted by Gasteiger charge is -2.05. The first-order valence-corrected chi connectivity index (χ1v) is 8.52. The van der Waals surface area contributed by atoms with Gasteiger partial charge in [0.05, 0.1) is 11.0 Å². The third-order valence-corrected chi connectivity index (χ3v) is 4.00. The van der Waals surface area contributed by atoms with Gasteiger partial charge >= 0.3 is 11.7 Å². The summed E-state index contributed by atoms with van der Waals surface area (Å²) in [6.07, 6.45) is 2.30. The molecule has 9 heteroatoms. The molecule has 3 rings (SSSR count). The van der Waals surface area contributed by atoms with Gasteiger partial charge in [0.1, 0.15) is 5.82 Å². The van der Waals surface area contributed by atoms with Crippen molar-refractivity contribution in [1.82, 2.24) is 9.97 Å². The molecule has 0 saturated carbocycles. The van der Waals surface area contributed by atoms with Gasteiger partial charge in [-0.15, -0.1) is 0 Å². The van der Waals surface area contributed by atoms with Crippen LogP contribution >= 0.6 is 15.9 Å². The molecule has 0 fully saturated rings. The second kappa shape index (κ2) is 8.00. The number of aromatic nitrogens is 2. The topological polar surface area (TPSA) is 104 Å². The molecule has 0 saturated heterocycles. The summed E-state index contributed by atoms with van der Waals surface area (Å²) in [7, 11) is 0. The average molecular weight is 434 g/mol. The van der Waals surface area contributed by atoms with Crippen molar-refractivity contribution < 1.29 is 18.7 Å². The third kappa shape index (κ3) is 4.91. The highest BCUT2D eigenvalue weighted by Gasteiger charge is 2.08. The number of hydrogen-bond donors (Lipinski definition) is 3. The fourth-order valence-electron chi connectivity index (χ4n) is 2.29. The van der Waals surface area contributed by atoms with Gasteiger partial charge in [-0.3, -0.25) is 4.79 Å². The van der Waals surface area contributed by atoms with Crippen molar-refractivity contribution in [1.29, 1.82) is 0 Å². The van der Waals surface area contributed by atoms with Crippen LogP contribution in [0.1, 0.15) is 5.56 Å². The summed E-state index contributed by atoms with van der Waals surface area (Å²) < 4.78 is 19.1. The van der Waals surface area contributed by atoms with Crippen LogP contribution in [0.2, 0.25) is 0 Å². The number of H-pyrrole nitrogens is 2. The Bertz CT molecular complexity index is 1100. The quantitative estimate of drug-likeness (QED) is 0.424. The molecule has 0 unspecified atom stereocenters. The van der Waals surface area contributed by atoms with Crippen LogP contribution < -0.4 is 11.0 Å². The molecular formula is C18H13BrFN3O4. The maximum Gasteiger partial charge on any atom is 0.331 e. The standard InChI is InChI=1S/C18H13BrFN3O4/c19-11-2-4-13(20)10(7-11)1-6-17(25)27-9-16(24)21-12-3-5-14-15(8-12)23-18(26)22-14/h1-8H,9H2,(H,21,24)(H2,22,23,26). The minimum atomic E-state index is -0.782. The van der Waals surface area contributed by atoms with E-state index in [-0.39, 0.29) is 11.3 Å². The molecule has 0 spiro atoms. The number of fused-ring (bicyclic) bond motifs is 1. The normalized spacial score (nSPS) is 11.0. The second-order valence-corrected chi connectivity index (χ2v) is 6.41. The Morgan fingerprint density at radius 1 is 1.15 bits per heavy atom. The van der Waals surface area contributed by atoms with E-state index in [0.29, 0.717) is 21.2 Å². The van der Waals surface area contributed by atoms with Crippen LogP contribution in [-0.4, -0.2) is 28.5 Å². The molecule has 1 heterocycles. The summed E-state index contributed by atoms with van der Waals surface area (Å²) in [6, 6.07) is 9.11. The number of ether oxygens (including phenoxy) is 1. The second-order valence-electron chi connectivity index (χ2n) is 5.49. The van der Waals surface area contributed by atoms with Gasteiger partial charge in [-0.1, -0.05) is 15.9 Å². The Morgan fingerprint density at radius 2 is 1.93 bits per heavy atom. The maximum atomic E-state index is 13.6. The van der Waals surface area contributed by atoms with Gasteiger partial charge in [0.15, 0.2) is 6.61 Å². The molecule has 1 amide bonds. The van der Waals surface area contributed by atoms with Crippen molar-refractivity contribution in [3.8, 4) is 0 Å². The van der Waals surface area contributed by atoms with E-state index in [4.69, 9.17) is 4.74 Å². The lowest BCUT2D eigenvalue weighted by molar-refractivity contribution is -0.142. The number of halogens is 2. The number of hydrogen-bond acceptors (Lipinski definition) is 4. The van der Waals surface area contributed by atoms with E-state index < -0.39 is 24.3 Å². The van der Waals surface area contributed by atoms with E-state index in [1.54, 1.807) is 18.2 Å². The first kappa shape index (κ1) is 18.6. The molecular weight excluding hydrogens is 421 g/mol. The summed E-state index contributed by atoms with van der Waals surface area (Å²) in [6.45, 7) is -0.508. The lowest BCUT2D eigenvalue weighted by Crippen LogP contribution is -2.20. The van der Waals surface area contributed by atoms with Crippen molar-refractivity contribution in [2.24, 2.45) is 0 Å². The molecule has 1 aromatic heterocycles. The number of aromatic amines is 2. The Hall–Kier alpha value is -3.20. The van der Waals surface area contributed by atoms with Crippen molar-refractivity contribution >= 4 is 50.6 Å². The Balaban J connectivity index is 1.54. The number of nitrogens with one attached hydrogen (secondary N) is 3. The highest BCUT2D eigenvalue weighted by molar-refractivity contribution is 9.10. The zero-order chi connectivity index (χ0) is 19.4. The van der Waals surface area contributed by atoms with Gasteiger partial charge in [0.2, 0.25) is 0 Å². The zero-order valence-electron chi connectivity index (χ0n) is 13.7. The highest BCUT2D eigenvalue weighted by atomic mass is 79.9. The summed E-state index contributed by atoms with van der Waals surface area (Å²) in [4.78, 5) is 39.9. The van der Waals surface area contributed by atoms with E-state index in [1.165, 1.54) is 24.3 Å². The van der Waals surface area contributed by atoms with Crippen LogP contribution in [0, 0.1) is 5.82 Å². The van der Waals surface area contributed by atoms with Crippen molar-refractivity contribution in [2.45, 2.75) is 0 Å². The van der Waals surface area contributed by atoms with Crippen molar-refractivity contribution in [2.75, 3.05) is 11.9 Å². The van der Waals surface area contributed by atoms with Gasteiger partial charge in [-0.2, -0.15) is 0 Å². The maximum absolute atomic E-state index is 13.6. The molecule has 0 aliphatic rings. The van der Waals surface area contributed by atoms with Crippen LogP contribution in [-0.2, 0) is 14.3 Å². The van der Waals surface area contributed by atoms with E-state index in [2.05, 4.69) is 31.2 Å². The average Bonchev–Trinajstić information content (AvgIpc) is 3.00. The van der Waals surface area contributed by atoms with Gasteiger partial charge in [-0.05, 0) is 42.5 Å². The fraction of sp³-hybridized carbons (Fsp3) is 0.0556. The molecule has 0 aliphatic heterocycles. The SMILES string of the molecule is O=C(COC(=O)C=Cc1cc(Br)ccc1F)Nc1ccc2[nH]c(=O)[nH]c2c1. The Morgan fingerprint density at radius 3 is 2.74 bits per heavy atom. The zero-order valence-corrected chi connectivity index (χ0v) is 15.3. The number of carbonyl (C=O) groups excluding carboxylic acids is 2. The monoisotopic (exact) mass is 433 g/mol. The van der Waals surface area contributed by atoms with E-state index in [1.807, 2.05) is 0 Å². The molecule has 0 radical (unpaired) electrons. The molecule has 3 aromatic rings. The summed E-state index contributed by atoms with van der Waals surface area (Å²) >= 11 is 3.21. The van der Waals surface area contributed by atoms with Crippen LogP contribution in [0.5, 0.6) is 0 Å². The molecule has 0 aliphatic carbocycles. The number of imidazole rings is 1. The third-order valence-electron chi connectivity index (χ3n) is 3.50. The van der Waals surface area contributed by atoms with Crippen LogP contribution in [0.15, 0.2) is 51.7 Å². The molecule has 2 aromatic carbocycles. The number of amides is 1. The first-order chi connectivity index (χ1) is 12.9.